The highest BCUT2D eigenvalue weighted by molar-refractivity contribution is 5.95. The smallest absolute Gasteiger partial charge is 0.355 e. The first-order chi connectivity index (χ1) is 12.4. The highest BCUT2D eigenvalue weighted by Crippen LogP contribution is 2.23. The normalized spacial score (nSPS) is 18.4. The summed E-state index contributed by atoms with van der Waals surface area (Å²) in [6.07, 6.45) is 1.14. The van der Waals surface area contributed by atoms with E-state index in [1.807, 2.05) is 26.8 Å². The van der Waals surface area contributed by atoms with Crippen LogP contribution in [-0.2, 0) is 21.3 Å². The lowest BCUT2D eigenvalue weighted by atomic mass is 10.1. The lowest BCUT2D eigenvalue weighted by molar-refractivity contribution is -0.132. The van der Waals surface area contributed by atoms with Gasteiger partial charge in [0.25, 0.3) is 5.91 Å². The van der Waals surface area contributed by atoms with Crippen LogP contribution in [-0.4, -0.2) is 41.8 Å². The van der Waals surface area contributed by atoms with E-state index in [-0.39, 0.29) is 17.9 Å². The number of carbonyl (C=O) groups excluding carboxylic acids is 2. The fourth-order valence-electron chi connectivity index (χ4n) is 3.22. The van der Waals surface area contributed by atoms with Gasteiger partial charge in [0.15, 0.2) is 11.7 Å². The van der Waals surface area contributed by atoms with E-state index in [2.05, 4.69) is 5.32 Å². The van der Waals surface area contributed by atoms with Gasteiger partial charge >= 0.3 is 5.97 Å². The molecule has 0 spiro atoms. The van der Waals surface area contributed by atoms with Crippen molar-refractivity contribution in [1.82, 2.24) is 9.88 Å². The third-order valence-corrected chi connectivity index (χ3v) is 4.69. The van der Waals surface area contributed by atoms with Crippen LogP contribution in [0.15, 0.2) is 16.5 Å². The molecule has 1 aliphatic rings. The SMILES string of the molecule is Cc1cc2c(cc(C(=O)O[C@H](C(=O)NC[C@H]3CCCO3)C(C)C)n2C)o1. The van der Waals surface area contributed by atoms with Crippen LogP contribution in [0.1, 0.15) is 42.9 Å². The molecule has 2 atom stereocenters. The van der Waals surface area contributed by atoms with Crippen LogP contribution in [0.4, 0.5) is 0 Å². The van der Waals surface area contributed by atoms with Crippen LogP contribution in [0.2, 0.25) is 0 Å². The molecule has 2 aromatic heterocycles. The number of ether oxygens (including phenoxy) is 2. The summed E-state index contributed by atoms with van der Waals surface area (Å²) in [5.74, 6) is -0.201. The lowest BCUT2D eigenvalue weighted by Gasteiger charge is -2.21. The third kappa shape index (κ3) is 3.77. The molecule has 1 N–H and O–H groups in total. The molecule has 1 fully saturated rings. The number of amides is 1. The molecule has 0 radical (unpaired) electrons. The molecule has 7 nitrogen and oxygen atoms in total. The Labute approximate surface area is 152 Å². The molecular weight excluding hydrogens is 336 g/mol. The summed E-state index contributed by atoms with van der Waals surface area (Å²) in [4.78, 5) is 25.1. The van der Waals surface area contributed by atoms with Gasteiger partial charge in [-0.3, -0.25) is 4.79 Å². The van der Waals surface area contributed by atoms with Gasteiger partial charge in [-0.2, -0.15) is 0 Å². The summed E-state index contributed by atoms with van der Waals surface area (Å²) in [5.41, 5.74) is 1.80. The number of esters is 1. The topological polar surface area (TPSA) is 82.7 Å². The van der Waals surface area contributed by atoms with Crippen molar-refractivity contribution >= 4 is 23.0 Å². The molecule has 1 amide bonds. The molecule has 0 unspecified atom stereocenters. The zero-order valence-electron chi connectivity index (χ0n) is 15.7. The van der Waals surface area contributed by atoms with Gasteiger partial charge in [0.1, 0.15) is 11.5 Å². The average molecular weight is 362 g/mol. The number of aromatic nitrogens is 1. The summed E-state index contributed by atoms with van der Waals surface area (Å²) in [6, 6.07) is 3.51. The molecule has 3 heterocycles. The van der Waals surface area contributed by atoms with E-state index in [1.54, 1.807) is 17.7 Å². The zero-order valence-corrected chi connectivity index (χ0v) is 15.7. The molecule has 142 valence electrons. The Bertz CT molecular complexity index is 798. The second kappa shape index (κ2) is 7.53. The van der Waals surface area contributed by atoms with Gasteiger partial charge in [-0.25, -0.2) is 4.79 Å². The molecule has 7 heteroatoms. The number of hydrogen-bond acceptors (Lipinski definition) is 5. The second-order valence-corrected chi connectivity index (χ2v) is 7.15. The van der Waals surface area contributed by atoms with Crippen molar-refractivity contribution in [3.63, 3.8) is 0 Å². The first-order valence-corrected chi connectivity index (χ1v) is 9.03. The number of nitrogens with one attached hydrogen (secondary N) is 1. The summed E-state index contributed by atoms with van der Waals surface area (Å²) in [5, 5.41) is 2.84. The Kier molecular flexibility index (Phi) is 5.36. The zero-order chi connectivity index (χ0) is 18.8. The molecule has 2 aromatic rings. The Morgan fingerprint density at radius 1 is 1.38 bits per heavy atom. The first-order valence-electron chi connectivity index (χ1n) is 9.03. The minimum absolute atomic E-state index is 0.0467. The Balaban J connectivity index is 1.67. The van der Waals surface area contributed by atoms with Crippen molar-refractivity contribution in [3.8, 4) is 0 Å². The molecule has 1 saturated heterocycles. The van der Waals surface area contributed by atoms with Crippen LogP contribution in [0.5, 0.6) is 0 Å². The minimum Gasteiger partial charge on any atom is -0.460 e. The fourth-order valence-corrected chi connectivity index (χ4v) is 3.22. The Morgan fingerprint density at radius 2 is 2.15 bits per heavy atom. The molecule has 26 heavy (non-hydrogen) atoms. The molecular formula is C19H26N2O5. The maximum Gasteiger partial charge on any atom is 0.355 e. The molecule has 0 aliphatic carbocycles. The maximum atomic E-state index is 12.6. The number of carbonyl (C=O) groups is 2. The van der Waals surface area contributed by atoms with Crippen LogP contribution >= 0.6 is 0 Å². The van der Waals surface area contributed by atoms with E-state index < -0.39 is 12.1 Å². The second-order valence-electron chi connectivity index (χ2n) is 7.15. The highest BCUT2D eigenvalue weighted by Gasteiger charge is 2.29. The van der Waals surface area contributed by atoms with Gasteiger partial charge < -0.3 is 23.8 Å². The molecule has 0 saturated carbocycles. The van der Waals surface area contributed by atoms with Crippen LogP contribution in [0.25, 0.3) is 11.1 Å². The molecule has 3 rings (SSSR count). The third-order valence-electron chi connectivity index (χ3n) is 4.69. The van der Waals surface area contributed by atoms with E-state index in [4.69, 9.17) is 13.9 Å². The summed E-state index contributed by atoms with van der Waals surface area (Å²) in [6.45, 7) is 6.73. The lowest BCUT2D eigenvalue weighted by Crippen LogP contribution is -2.43. The summed E-state index contributed by atoms with van der Waals surface area (Å²) in [7, 11) is 1.77. The Morgan fingerprint density at radius 3 is 2.77 bits per heavy atom. The van der Waals surface area contributed by atoms with Crippen molar-refractivity contribution in [2.45, 2.75) is 45.8 Å². The van der Waals surface area contributed by atoms with Gasteiger partial charge in [0.05, 0.1) is 11.6 Å². The van der Waals surface area contributed by atoms with Crippen molar-refractivity contribution in [3.05, 3.63) is 23.6 Å². The fraction of sp³-hybridized carbons (Fsp3) is 0.579. The van der Waals surface area contributed by atoms with Crippen LogP contribution in [0, 0.1) is 12.8 Å². The highest BCUT2D eigenvalue weighted by atomic mass is 16.5. The molecule has 1 aliphatic heterocycles. The minimum atomic E-state index is -0.855. The summed E-state index contributed by atoms with van der Waals surface area (Å²) < 4.78 is 18.3. The largest absolute Gasteiger partial charge is 0.460 e. The average Bonchev–Trinajstić information content (AvgIpc) is 3.28. The van der Waals surface area contributed by atoms with Gasteiger partial charge in [-0.15, -0.1) is 0 Å². The first kappa shape index (κ1) is 18.5. The van der Waals surface area contributed by atoms with Gasteiger partial charge in [-0.1, -0.05) is 13.8 Å². The van der Waals surface area contributed by atoms with E-state index in [9.17, 15) is 9.59 Å². The van der Waals surface area contributed by atoms with Crippen molar-refractivity contribution in [2.24, 2.45) is 13.0 Å². The van der Waals surface area contributed by atoms with E-state index in [0.29, 0.717) is 17.8 Å². The van der Waals surface area contributed by atoms with Gasteiger partial charge in [-0.05, 0) is 25.7 Å². The van der Waals surface area contributed by atoms with Crippen molar-refractivity contribution in [2.75, 3.05) is 13.2 Å². The predicted octanol–water partition coefficient (Wildman–Crippen LogP) is 2.56. The molecule has 0 aromatic carbocycles. The van der Waals surface area contributed by atoms with E-state index in [0.717, 1.165) is 30.7 Å². The number of furan rings is 1. The molecule has 0 bridgehead atoms. The van der Waals surface area contributed by atoms with Gasteiger partial charge in [0.2, 0.25) is 0 Å². The predicted molar refractivity (Wildman–Crippen MR) is 95.9 cm³/mol. The number of nitrogens with zero attached hydrogens (tertiary/aromatic N) is 1. The number of rotatable bonds is 6. The summed E-state index contributed by atoms with van der Waals surface area (Å²) >= 11 is 0. The van der Waals surface area contributed by atoms with Crippen molar-refractivity contribution < 1.29 is 23.5 Å². The van der Waals surface area contributed by atoms with Crippen LogP contribution in [0.3, 0.4) is 0 Å². The quantitative estimate of drug-likeness (QED) is 0.799. The number of aryl methyl sites for hydroxylation is 2. The monoisotopic (exact) mass is 362 g/mol. The Hall–Kier alpha value is -2.28. The maximum absolute atomic E-state index is 12.6. The van der Waals surface area contributed by atoms with Crippen molar-refractivity contribution in [1.29, 1.82) is 0 Å². The standard InChI is InChI=1S/C19H26N2O5/c1-11(2)17(18(22)20-10-13-6-5-7-24-13)26-19(23)15-9-16-14(21(15)4)8-12(3)25-16/h8-9,11,13,17H,5-7,10H2,1-4H3,(H,20,22)/t13-,17+/m1/s1. The van der Waals surface area contributed by atoms with Gasteiger partial charge in [0, 0.05) is 32.3 Å². The van der Waals surface area contributed by atoms with E-state index in [1.165, 1.54) is 0 Å². The van der Waals surface area contributed by atoms with Crippen LogP contribution < -0.4 is 5.32 Å². The number of fused-ring (bicyclic) bond motifs is 1. The van der Waals surface area contributed by atoms with E-state index >= 15 is 0 Å². The number of hydrogen-bond donors (Lipinski definition) is 1.